The molecule has 3 heterocycles. The van der Waals surface area contributed by atoms with E-state index in [4.69, 9.17) is 4.98 Å². The summed E-state index contributed by atoms with van der Waals surface area (Å²) in [7, 11) is 0. The van der Waals surface area contributed by atoms with Crippen LogP contribution in [0.2, 0.25) is 0 Å². The summed E-state index contributed by atoms with van der Waals surface area (Å²) in [5, 5.41) is 15.3. The number of anilines is 1. The molecule has 0 spiro atoms. The molecule has 1 fully saturated rings. The van der Waals surface area contributed by atoms with Gasteiger partial charge in [0.15, 0.2) is 5.65 Å². The van der Waals surface area contributed by atoms with Gasteiger partial charge < -0.3 is 10.0 Å². The highest BCUT2D eigenvalue weighted by Gasteiger charge is 2.32. The number of aromatic nitrogens is 3. The largest absolute Gasteiger partial charge is 0.388 e. The first kappa shape index (κ1) is 15.3. The number of aryl methyl sites for hydroxylation is 1. The Labute approximate surface area is 132 Å². The predicted octanol–water partition coefficient (Wildman–Crippen LogP) is 2.90. The zero-order valence-corrected chi connectivity index (χ0v) is 14.0. The van der Waals surface area contributed by atoms with Crippen molar-refractivity contribution in [2.45, 2.75) is 58.5 Å². The zero-order valence-electron chi connectivity index (χ0n) is 14.0. The Morgan fingerprint density at radius 3 is 2.82 bits per heavy atom. The van der Waals surface area contributed by atoms with Crippen LogP contribution in [-0.2, 0) is 0 Å². The third-order valence-corrected chi connectivity index (χ3v) is 4.68. The number of nitrogens with zero attached hydrogens (tertiary/aromatic N) is 4. The number of rotatable bonds is 3. The maximum atomic E-state index is 10.7. The molecule has 2 aromatic heterocycles. The van der Waals surface area contributed by atoms with Gasteiger partial charge in [0.2, 0.25) is 0 Å². The molecule has 0 aromatic carbocycles. The van der Waals surface area contributed by atoms with Crippen molar-refractivity contribution in [1.82, 2.24) is 14.6 Å². The van der Waals surface area contributed by atoms with Crippen LogP contribution in [0.3, 0.4) is 0 Å². The van der Waals surface area contributed by atoms with Crippen molar-refractivity contribution in [3.05, 3.63) is 23.5 Å². The first-order valence-electron chi connectivity index (χ1n) is 8.26. The van der Waals surface area contributed by atoms with E-state index in [1.807, 2.05) is 17.5 Å². The van der Waals surface area contributed by atoms with Gasteiger partial charge in [0.05, 0.1) is 11.3 Å². The number of hydrogen-bond donors (Lipinski definition) is 1. The lowest BCUT2D eigenvalue weighted by molar-refractivity contribution is 0.0220. The topological polar surface area (TPSA) is 53.7 Å². The summed E-state index contributed by atoms with van der Waals surface area (Å²) < 4.78 is 1.92. The van der Waals surface area contributed by atoms with Gasteiger partial charge in [-0.25, -0.2) is 4.98 Å². The summed E-state index contributed by atoms with van der Waals surface area (Å²) >= 11 is 0. The molecule has 2 aromatic rings. The van der Waals surface area contributed by atoms with Gasteiger partial charge >= 0.3 is 0 Å². The van der Waals surface area contributed by atoms with Crippen LogP contribution in [0.15, 0.2) is 12.1 Å². The molecule has 3 rings (SSSR count). The van der Waals surface area contributed by atoms with Crippen LogP contribution in [-0.4, -0.2) is 38.4 Å². The zero-order chi connectivity index (χ0) is 15.9. The quantitative estimate of drug-likeness (QED) is 0.947. The predicted molar refractivity (Wildman–Crippen MR) is 88.5 cm³/mol. The average Bonchev–Trinajstić information content (AvgIpc) is 2.86. The lowest BCUT2D eigenvalue weighted by atomic mass is 9.90. The van der Waals surface area contributed by atoms with Gasteiger partial charge in [0.25, 0.3) is 0 Å². The molecule has 1 saturated heterocycles. The molecule has 0 saturated carbocycles. The van der Waals surface area contributed by atoms with Gasteiger partial charge in [-0.05, 0) is 32.1 Å². The molecule has 22 heavy (non-hydrogen) atoms. The Kier molecular flexibility index (Phi) is 3.85. The molecule has 0 aliphatic carbocycles. The minimum Gasteiger partial charge on any atom is -0.388 e. The Bertz CT molecular complexity index is 679. The minimum atomic E-state index is -0.589. The molecule has 1 atom stereocenters. The van der Waals surface area contributed by atoms with Gasteiger partial charge in [0, 0.05) is 30.9 Å². The number of β-amino-alcohol motifs (C(OH)–C–C–N with tert-alkyl or cyclic N) is 1. The van der Waals surface area contributed by atoms with Crippen LogP contribution in [0.25, 0.3) is 5.65 Å². The van der Waals surface area contributed by atoms with Crippen molar-refractivity contribution in [3.8, 4) is 0 Å². The molecular weight excluding hydrogens is 276 g/mol. The average molecular weight is 302 g/mol. The Balaban J connectivity index is 2.08. The first-order chi connectivity index (χ1) is 10.4. The second kappa shape index (κ2) is 5.54. The number of fused-ring (bicyclic) bond motifs is 1. The fraction of sp³-hybridized carbons (Fsp3) is 0.647. The number of aliphatic hydroxyl groups is 1. The van der Waals surface area contributed by atoms with Gasteiger partial charge in [-0.15, -0.1) is 0 Å². The van der Waals surface area contributed by atoms with Crippen LogP contribution < -0.4 is 4.90 Å². The van der Waals surface area contributed by atoms with Crippen LogP contribution in [0.1, 0.15) is 57.3 Å². The normalized spacial score (nSPS) is 22.7. The summed E-state index contributed by atoms with van der Waals surface area (Å²) in [6, 6.07) is 4.15. The third kappa shape index (κ3) is 2.70. The molecule has 5 nitrogen and oxygen atoms in total. The maximum Gasteiger partial charge on any atom is 0.157 e. The molecule has 120 valence electrons. The van der Waals surface area contributed by atoms with E-state index in [1.54, 1.807) is 0 Å². The lowest BCUT2D eigenvalue weighted by Gasteiger charge is -2.40. The molecule has 0 bridgehead atoms. The van der Waals surface area contributed by atoms with E-state index in [0.717, 1.165) is 48.7 Å². The van der Waals surface area contributed by atoms with E-state index >= 15 is 0 Å². The number of piperidine rings is 1. The smallest absolute Gasteiger partial charge is 0.157 e. The van der Waals surface area contributed by atoms with Crippen LogP contribution in [0.5, 0.6) is 0 Å². The van der Waals surface area contributed by atoms with Crippen LogP contribution in [0, 0.1) is 6.92 Å². The molecule has 5 heteroatoms. The first-order valence-corrected chi connectivity index (χ1v) is 8.26. The summed E-state index contributed by atoms with van der Waals surface area (Å²) in [6.45, 7) is 9.99. The molecule has 1 unspecified atom stereocenters. The van der Waals surface area contributed by atoms with Crippen molar-refractivity contribution in [1.29, 1.82) is 0 Å². The van der Waals surface area contributed by atoms with Gasteiger partial charge in [0.1, 0.15) is 5.82 Å². The molecule has 1 N–H and O–H groups in total. The monoisotopic (exact) mass is 302 g/mol. The molecular formula is C17H26N4O. The SMILES string of the molecule is CCC1(O)CCCN(c2cc(C(C)C)nc3cc(C)nn23)C1. The highest BCUT2D eigenvalue weighted by molar-refractivity contribution is 5.53. The Morgan fingerprint density at radius 1 is 1.36 bits per heavy atom. The van der Waals surface area contributed by atoms with Crippen LogP contribution in [0.4, 0.5) is 5.82 Å². The minimum absolute atomic E-state index is 0.369. The number of hydrogen-bond acceptors (Lipinski definition) is 4. The fourth-order valence-electron chi connectivity index (χ4n) is 3.21. The fourth-order valence-corrected chi connectivity index (χ4v) is 3.21. The summed E-state index contributed by atoms with van der Waals surface area (Å²) in [4.78, 5) is 6.98. The van der Waals surface area contributed by atoms with Gasteiger partial charge in [-0.2, -0.15) is 9.61 Å². The van der Waals surface area contributed by atoms with E-state index in [0.29, 0.717) is 12.5 Å². The summed E-state index contributed by atoms with van der Waals surface area (Å²) in [5.74, 6) is 1.42. The van der Waals surface area contributed by atoms with Crippen molar-refractivity contribution >= 4 is 11.5 Å². The van der Waals surface area contributed by atoms with Crippen molar-refractivity contribution in [3.63, 3.8) is 0 Å². The standard InChI is InChI=1S/C17H26N4O/c1-5-17(22)7-6-8-20(11-17)16-10-14(12(2)3)18-15-9-13(4)19-21(15)16/h9-10,12,22H,5-8,11H2,1-4H3. The lowest BCUT2D eigenvalue weighted by Crippen LogP contribution is -2.48. The third-order valence-electron chi connectivity index (χ3n) is 4.68. The Hall–Kier alpha value is -1.62. The van der Waals surface area contributed by atoms with Crippen molar-refractivity contribution < 1.29 is 5.11 Å². The van der Waals surface area contributed by atoms with E-state index in [2.05, 4.69) is 36.8 Å². The van der Waals surface area contributed by atoms with Gasteiger partial charge in [-0.3, -0.25) is 0 Å². The molecule has 0 amide bonds. The second-order valence-electron chi connectivity index (χ2n) is 6.85. The highest BCUT2D eigenvalue weighted by Crippen LogP contribution is 2.30. The summed E-state index contributed by atoms with van der Waals surface area (Å²) in [6.07, 6.45) is 2.67. The van der Waals surface area contributed by atoms with Crippen molar-refractivity contribution in [2.24, 2.45) is 0 Å². The van der Waals surface area contributed by atoms with Crippen LogP contribution >= 0.6 is 0 Å². The highest BCUT2D eigenvalue weighted by atomic mass is 16.3. The van der Waals surface area contributed by atoms with E-state index in [9.17, 15) is 5.11 Å². The Morgan fingerprint density at radius 2 is 2.14 bits per heavy atom. The molecule has 1 aliphatic rings. The van der Waals surface area contributed by atoms with Crippen molar-refractivity contribution in [2.75, 3.05) is 18.0 Å². The van der Waals surface area contributed by atoms with Gasteiger partial charge in [-0.1, -0.05) is 20.8 Å². The molecule has 0 radical (unpaired) electrons. The maximum absolute atomic E-state index is 10.7. The summed E-state index contributed by atoms with van der Waals surface area (Å²) in [5.41, 5.74) is 2.35. The molecule has 1 aliphatic heterocycles. The second-order valence-corrected chi connectivity index (χ2v) is 6.85. The van der Waals surface area contributed by atoms with E-state index in [-0.39, 0.29) is 0 Å². The van der Waals surface area contributed by atoms with E-state index < -0.39 is 5.60 Å². The van der Waals surface area contributed by atoms with E-state index in [1.165, 1.54) is 0 Å².